The molecule has 1 saturated heterocycles. The van der Waals surface area contributed by atoms with Gasteiger partial charge in [-0.05, 0) is 13.0 Å². The molecule has 96 valence electrons. The number of amides is 3. The number of carbonyl (C=O) groups is 2. The fourth-order valence-corrected chi connectivity index (χ4v) is 2.08. The molecule has 4 nitrogen and oxygen atoms in total. The number of halogens is 1. The van der Waals surface area contributed by atoms with Crippen molar-refractivity contribution in [2.24, 2.45) is 5.92 Å². The predicted octanol–water partition coefficient (Wildman–Crippen LogP) is 2.07. The van der Waals surface area contributed by atoms with Gasteiger partial charge in [-0.2, -0.15) is 0 Å². The molecule has 2 unspecified atom stereocenters. The van der Waals surface area contributed by atoms with Crippen molar-refractivity contribution in [3.63, 3.8) is 0 Å². The van der Waals surface area contributed by atoms with Crippen molar-refractivity contribution in [2.45, 2.75) is 19.9 Å². The van der Waals surface area contributed by atoms with Crippen LogP contribution in [0.2, 0.25) is 0 Å². The molecule has 1 aliphatic rings. The molecule has 0 bridgehead atoms. The highest BCUT2D eigenvalue weighted by molar-refractivity contribution is 5.97. The van der Waals surface area contributed by atoms with E-state index in [1.165, 1.54) is 11.0 Å². The first kappa shape index (κ1) is 12.5. The first-order valence-electron chi connectivity index (χ1n) is 5.86. The summed E-state index contributed by atoms with van der Waals surface area (Å²) in [5, 5.41) is 2.27. The summed E-state index contributed by atoms with van der Waals surface area (Å²) in [5.41, 5.74) is 0.453. The van der Waals surface area contributed by atoms with E-state index in [9.17, 15) is 14.0 Å². The Morgan fingerprint density at radius 1 is 1.39 bits per heavy atom. The van der Waals surface area contributed by atoms with Crippen molar-refractivity contribution >= 4 is 11.9 Å². The van der Waals surface area contributed by atoms with Crippen LogP contribution in [0.1, 0.15) is 25.5 Å². The van der Waals surface area contributed by atoms with Gasteiger partial charge in [0.1, 0.15) is 5.82 Å². The van der Waals surface area contributed by atoms with Crippen LogP contribution >= 0.6 is 0 Å². The Kier molecular flexibility index (Phi) is 3.32. The van der Waals surface area contributed by atoms with Crippen molar-refractivity contribution in [3.05, 3.63) is 35.6 Å². The third-order valence-corrected chi connectivity index (χ3v) is 3.23. The second-order valence-corrected chi connectivity index (χ2v) is 4.55. The highest BCUT2D eigenvalue weighted by Crippen LogP contribution is 2.25. The molecule has 3 amide bonds. The molecule has 0 aromatic heterocycles. The van der Waals surface area contributed by atoms with E-state index in [4.69, 9.17) is 0 Å². The van der Waals surface area contributed by atoms with E-state index in [1.54, 1.807) is 32.0 Å². The smallest absolute Gasteiger partial charge is 0.317 e. The van der Waals surface area contributed by atoms with Gasteiger partial charge in [0, 0.05) is 12.1 Å². The second-order valence-electron chi connectivity index (χ2n) is 4.55. The number of urea groups is 1. The number of nitrogens with zero attached hydrogens (tertiary/aromatic N) is 1. The van der Waals surface area contributed by atoms with Gasteiger partial charge in [-0.25, -0.2) is 9.18 Å². The number of carbonyl (C=O) groups excluding carboxylic acids is 2. The minimum Gasteiger partial charge on any atom is -0.317 e. The van der Waals surface area contributed by atoms with Crippen LogP contribution in [0.3, 0.4) is 0 Å². The summed E-state index contributed by atoms with van der Waals surface area (Å²) < 4.78 is 13.7. The minimum absolute atomic E-state index is 0.281. The first-order valence-corrected chi connectivity index (χ1v) is 5.86. The van der Waals surface area contributed by atoms with E-state index < -0.39 is 12.1 Å². The molecule has 1 aliphatic heterocycles. The fourth-order valence-electron chi connectivity index (χ4n) is 2.08. The molecule has 1 heterocycles. The first-order chi connectivity index (χ1) is 8.50. The molecular formula is C13H15FN2O2. The Labute approximate surface area is 105 Å². The van der Waals surface area contributed by atoms with Crippen molar-refractivity contribution in [1.29, 1.82) is 0 Å². The summed E-state index contributed by atoms with van der Waals surface area (Å²) in [4.78, 5) is 24.6. The molecular weight excluding hydrogens is 235 g/mol. The van der Waals surface area contributed by atoms with Gasteiger partial charge >= 0.3 is 6.03 Å². The summed E-state index contributed by atoms with van der Waals surface area (Å²) >= 11 is 0. The Morgan fingerprint density at radius 2 is 2.06 bits per heavy atom. The van der Waals surface area contributed by atoms with Crippen LogP contribution in [0.4, 0.5) is 9.18 Å². The van der Waals surface area contributed by atoms with Crippen LogP contribution in [0.15, 0.2) is 24.3 Å². The summed E-state index contributed by atoms with van der Waals surface area (Å²) in [6, 6.07) is 5.48. The van der Waals surface area contributed by atoms with Crippen molar-refractivity contribution in [1.82, 2.24) is 10.2 Å². The number of rotatable bonds is 2. The van der Waals surface area contributed by atoms with Crippen molar-refractivity contribution in [2.75, 3.05) is 6.54 Å². The third-order valence-electron chi connectivity index (χ3n) is 3.23. The SMILES string of the molecule is CC1CN(C(C)c2ccccc2F)C(=O)NC1=O. The van der Waals surface area contributed by atoms with Gasteiger partial charge in [0.15, 0.2) is 0 Å². The maximum atomic E-state index is 13.7. The quantitative estimate of drug-likeness (QED) is 0.873. The van der Waals surface area contributed by atoms with E-state index in [0.29, 0.717) is 12.1 Å². The Hall–Kier alpha value is -1.91. The summed E-state index contributed by atoms with van der Waals surface area (Å²) in [7, 11) is 0. The highest BCUT2D eigenvalue weighted by atomic mass is 19.1. The number of imide groups is 1. The maximum absolute atomic E-state index is 13.7. The number of hydrogen-bond acceptors (Lipinski definition) is 2. The second kappa shape index (κ2) is 4.76. The van der Waals surface area contributed by atoms with Gasteiger partial charge in [-0.1, -0.05) is 25.1 Å². The number of nitrogens with one attached hydrogen (secondary N) is 1. The zero-order valence-corrected chi connectivity index (χ0v) is 10.3. The number of benzene rings is 1. The van der Waals surface area contributed by atoms with E-state index in [-0.39, 0.29) is 17.6 Å². The van der Waals surface area contributed by atoms with Crippen LogP contribution < -0.4 is 5.32 Å². The zero-order valence-electron chi connectivity index (χ0n) is 10.3. The molecule has 0 radical (unpaired) electrons. The molecule has 1 fully saturated rings. The highest BCUT2D eigenvalue weighted by Gasteiger charge is 2.33. The lowest BCUT2D eigenvalue weighted by Gasteiger charge is -2.35. The van der Waals surface area contributed by atoms with E-state index in [1.807, 2.05) is 0 Å². The molecule has 0 spiro atoms. The summed E-state index contributed by atoms with van der Waals surface area (Å²) in [5.74, 6) is -0.906. The van der Waals surface area contributed by atoms with E-state index in [0.717, 1.165) is 0 Å². The molecule has 0 saturated carbocycles. The third kappa shape index (κ3) is 2.20. The monoisotopic (exact) mass is 250 g/mol. The van der Waals surface area contributed by atoms with E-state index >= 15 is 0 Å². The van der Waals surface area contributed by atoms with Gasteiger partial charge < -0.3 is 4.90 Å². The molecule has 1 N–H and O–H groups in total. The predicted molar refractivity (Wildman–Crippen MR) is 64.2 cm³/mol. The lowest BCUT2D eigenvalue weighted by molar-refractivity contribution is -0.125. The average Bonchev–Trinajstić information content (AvgIpc) is 2.33. The molecule has 1 aromatic carbocycles. The Balaban J connectivity index is 2.24. The van der Waals surface area contributed by atoms with Gasteiger partial charge in [0.25, 0.3) is 0 Å². The fraction of sp³-hybridized carbons (Fsp3) is 0.385. The van der Waals surface area contributed by atoms with Gasteiger partial charge in [-0.15, -0.1) is 0 Å². The molecule has 2 rings (SSSR count). The molecule has 18 heavy (non-hydrogen) atoms. The van der Waals surface area contributed by atoms with Gasteiger partial charge in [-0.3, -0.25) is 10.1 Å². The lowest BCUT2D eigenvalue weighted by atomic mass is 10.0. The lowest BCUT2D eigenvalue weighted by Crippen LogP contribution is -2.54. The van der Waals surface area contributed by atoms with Gasteiger partial charge in [0.05, 0.1) is 12.0 Å². The Morgan fingerprint density at radius 3 is 2.72 bits per heavy atom. The standard InChI is InChI=1S/C13H15FN2O2/c1-8-7-16(13(18)15-12(8)17)9(2)10-5-3-4-6-11(10)14/h3-6,8-9H,7H2,1-2H3,(H,15,17,18). The molecule has 2 atom stereocenters. The van der Waals surface area contributed by atoms with Crippen LogP contribution in [-0.2, 0) is 4.79 Å². The molecule has 5 heteroatoms. The summed E-state index contributed by atoms with van der Waals surface area (Å²) in [6.45, 7) is 3.80. The topological polar surface area (TPSA) is 49.4 Å². The van der Waals surface area contributed by atoms with Crippen LogP contribution in [0.5, 0.6) is 0 Å². The molecule has 0 aliphatic carbocycles. The maximum Gasteiger partial charge on any atom is 0.324 e. The van der Waals surface area contributed by atoms with Crippen molar-refractivity contribution < 1.29 is 14.0 Å². The normalized spacial score (nSPS) is 21.7. The zero-order chi connectivity index (χ0) is 13.3. The van der Waals surface area contributed by atoms with Crippen molar-refractivity contribution in [3.8, 4) is 0 Å². The summed E-state index contributed by atoms with van der Waals surface area (Å²) in [6.07, 6.45) is 0. The average molecular weight is 250 g/mol. The Bertz CT molecular complexity index is 490. The van der Waals surface area contributed by atoms with E-state index in [2.05, 4.69) is 5.32 Å². The van der Waals surface area contributed by atoms with Crippen LogP contribution in [0.25, 0.3) is 0 Å². The van der Waals surface area contributed by atoms with Crippen LogP contribution in [0, 0.1) is 11.7 Å². The van der Waals surface area contributed by atoms with Crippen LogP contribution in [-0.4, -0.2) is 23.4 Å². The largest absolute Gasteiger partial charge is 0.324 e. The molecule has 1 aromatic rings. The number of hydrogen-bond donors (Lipinski definition) is 1. The minimum atomic E-state index is -0.464. The van der Waals surface area contributed by atoms with Gasteiger partial charge in [0.2, 0.25) is 5.91 Å².